The molecular weight excluding hydrogens is 244 g/mol. The number of hydrogen-bond acceptors (Lipinski definition) is 2. The maximum atomic E-state index is 5.75. The van der Waals surface area contributed by atoms with Crippen molar-refractivity contribution in [1.29, 1.82) is 0 Å². The molecule has 2 heteroatoms. The Morgan fingerprint density at radius 3 is 2.25 bits per heavy atom. The fourth-order valence-electron chi connectivity index (χ4n) is 2.52. The zero-order valence-electron chi connectivity index (χ0n) is 13.7. The van der Waals surface area contributed by atoms with Gasteiger partial charge in [0, 0.05) is 11.7 Å². The molecule has 0 aliphatic heterocycles. The molecule has 0 spiro atoms. The fraction of sp³-hybridized carbons (Fsp3) is 0.667. The first-order chi connectivity index (χ1) is 9.58. The van der Waals surface area contributed by atoms with Gasteiger partial charge in [0.05, 0.1) is 0 Å². The van der Waals surface area contributed by atoms with Crippen LogP contribution in [0.2, 0.25) is 0 Å². The van der Waals surface area contributed by atoms with Crippen molar-refractivity contribution < 1.29 is 0 Å². The van der Waals surface area contributed by atoms with E-state index < -0.39 is 0 Å². The van der Waals surface area contributed by atoms with Gasteiger partial charge in [-0.1, -0.05) is 39.3 Å². The number of anilines is 1. The average Bonchev–Trinajstić information content (AvgIpc) is 2.47. The average molecular weight is 276 g/mol. The molecule has 1 aromatic carbocycles. The van der Waals surface area contributed by atoms with Crippen molar-refractivity contribution in [2.45, 2.75) is 65.3 Å². The number of nitrogens with two attached hydrogens (primary N) is 1. The van der Waals surface area contributed by atoms with Gasteiger partial charge in [-0.3, -0.25) is 0 Å². The van der Waals surface area contributed by atoms with Gasteiger partial charge in [0.15, 0.2) is 0 Å². The van der Waals surface area contributed by atoms with Crippen LogP contribution in [-0.4, -0.2) is 24.0 Å². The Kier molecular flexibility index (Phi) is 7.68. The van der Waals surface area contributed by atoms with Crippen LogP contribution in [0.25, 0.3) is 0 Å². The van der Waals surface area contributed by atoms with Crippen molar-refractivity contribution in [2.75, 3.05) is 18.8 Å². The summed E-state index contributed by atoms with van der Waals surface area (Å²) in [6, 6.07) is 9.05. The summed E-state index contributed by atoms with van der Waals surface area (Å²) in [6.45, 7) is 11.7. The molecule has 0 radical (unpaired) electrons. The second-order valence-electron chi connectivity index (χ2n) is 6.00. The number of nitrogens with zero attached hydrogens (tertiary/aromatic N) is 1. The summed E-state index contributed by atoms with van der Waals surface area (Å²) in [7, 11) is 0. The summed E-state index contributed by atoms with van der Waals surface area (Å²) in [6.07, 6.45) is 5.04. The summed E-state index contributed by atoms with van der Waals surface area (Å²) < 4.78 is 0. The van der Waals surface area contributed by atoms with E-state index in [1.807, 2.05) is 12.1 Å². The summed E-state index contributed by atoms with van der Waals surface area (Å²) >= 11 is 0. The molecule has 0 fully saturated rings. The van der Waals surface area contributed by atoms with Crippen LogP contribution >= 0.6 is 0 Å². The van der Waals surface area contributed by atoms with Crippen molar-refractivity contribution in [1.82, 2.24) is 4.90 Å². The second-order valence-corrected chi connectivity index (χ2v) is 6.00. The first kappa shape index (κ1) is 17.0. The summed E-state index contributed by atoms with van der Waals surface area (Å²) in [5, 5.41) is 0. The molecule has 0 amide bonds. The van der Waals surface area contributed by atoms with Crippen LogP contribution in [-0.2, 0) is 0 Å². The van der Waals surface area contributed by atoms with Crippen molar-refractivity contribution in [3.05, 3.63) is 29.8 Å². The lowest BCUT2D eigenvalue weighted by Crippen LogP contribution is -2.34. The normalized spacial score (nSPS) is 14.4. The molecule has 0 aromatic heterocycles. The highest BCUT2D eigenvalue weighted by Crippen LogP contribution is 2.21. The highest BCUT2D eigenvalue weighted by molar-refractivity contribution is 5.40. The maximum Gasteiger partial charge on any atom is 0.0314 e. The van der Waals surface area contributed by atoms with Gasteiger partial charge in [-0.15, -0.1) is 0 Å². The largest absolute Gasteiger partial charge is 0.399 e. The van der Waals surface area contributed by atoms with Crippen molar-refractivity contribution >= 4 is 5.69 Å². The molecule has 1 rings (SSSR count). The lowest BCUT2D eigenvalue weighted by atomic mass is 9.97. The van der Waals surface area contributed by atoms with Crippen molar-refractivity contribution in [2.24, 2.45) is 0 Å². The topological polar surface area (TPSA) is 29.3 Å². The van der Waals surface area contributed by atoms with E-state index in [-0.39, 0.29) is 0 Å². The Balaban J connectivity index is 2.50. The Hall–Kier alpha value is -1.02. The second kappa shape index (κ2) is 9.02. The number of rotatable bonds is 9. The van der Waals surface area contributed by atoms with Gasteiger partial charge in [0.1, 0.15) is 0 Å². The van der Waals surface area contributed by atoms with Gasteiger partial charge in [0.25, 0.3) is 0 Å². The molecule has 0 heterocycles. The van der Waals surface area contributed by atoms with Gasteiger partial charge in [-0.2, -0.15) is 0 Å². The molecule has 2 N–H and O–H groups in total. The minimum absolute atomic E-state index is 0.601. The molecule has 0 saturated heterocycles. The number of benzene rings is 1. The third-order valence-electron chi connectivity index (χ3n) is 4.37. The van der Waals surface area contributed by atoms with E-state index in [0.717, 1.165) is 5.69 Å². The van der Waals surface area contributed by atoms with E-state index in [0.29, 0.717) is 12.0 Å². The summed E-state index contributed by atoms with van der Waals surface area (Å²) in [5.74, 6) is 0.601. The third kappa shape index (κ3) is 5.54. The van der Waals surface area contributed by atoms with Crippen LogP contribution in [0.3, 0.4) is 0 Å². The Morgan fingerprint density at radius 2 is 1.70 bits per heavy atom. The maximum absolute atomic E-state index is 5.75. The van der Waals surface area contributed by atoms with E-state index >= 15 is 0 Å². The highest BCUT2D eigenvalue weighted by atomic mass is 15.1. The molecule has 2 atom stereocenters. The van der Waals surface area contributed by atoms with Gasteiger partial charge in [0.2, 0.25) is 0 Å². The number of nitrogen functional groups attached to an aromatic ring is 1. The zero-order chi connectivity index (χ0) is 15.0. The number of hydrogen-bond donors (Lipinski definition) is 1. The predicted octanol–water partition coefficient (Wildman–Crippen LogP) is 4.66. The van der Waals surface area contributed by atoms with Crippen LogP contribution in [0.1, 0.15) is 64.9 Å². The monoisotopic (exact) mass is 276 g/mol. The molecule has 0 aliphatic carbocycles. The van der Waals surface area contributed by atoms with E-state index in [9.17, 15) is 0 Å². The first-order valence-electron chi connectivity index (χ1n) is 8.17. The molecule has 2 unspecified atom stereocenters. The molecule has 20 heavy (non-hydrogen) atoms. The third-order valence-corrected chi connectivity index (χ3v) is 4.37. The lowest BCUT2D eigenvalue weighted by molar-refractivity contribution is 0.195. The zero-order valence-corrected chi connectivity index (χ0v) is 13.7. The van der Waals surface area contributed by atoms with Gasteiger partial charge in [-0.25, -0.2) is 0 Å². The summed E-state index contributed by atoms with van der Waals surface area (Å²) in [4.78, 5) is 2.65. The molecule has 0 saturated carbocycles. The SMILES string of the molecule is CCCCN(CCC(C)c1ccc(N)cc1)C(C)CC. The van der Waals surface area contributed by atoms with Crippen LogP contribution in [0, 0.1) is 0 Å². The van der Waals surface area contributed by atoms with Crippen molar-refractivity contribution in [3.8, 4) is 0 Å². The molecule has 114 valence electrons. The van der Waals surface area contributed by atoms with Crippen molar-refractivity contribution in [3.63, 3.8) is 0 Å². The Morgan fingerprint density at radius 1 is 1.05 bits per heavy atom. The van der Waals surface area contributed by atoms with Gasteiger partial charge in [-0.05, 0) is 62.9 Å². The lowest BCUT2D eigenvalue weighted by Gasteiger charge is -2.29. The van der Waals surface area contributed by atoms with Crippen LogP contribution in [0.4, 0.5) is 5.69 Å². The molecule has 0 aliphatic rings. The molecule has 0 bridgehead atoms. The highest BCUT2D eigenvalue weighted by Gasteiger charge is 2.13. The van der Waals surface area contributed by atoms with Crippen LogP contribution in [0.5, 0.6) is 0 Å². The van der Waals surface area contributed by atoms with Crippen LogP contribution in [0.15, 0.2) is 24.3 Å². The predicted molar refractivity (Wildman–Crippen MR) is 90.1 cm³/mol. The van der Waals surface area contributed by atoms with E-state index in [4.69, 9.17) is 5.73 Å². The Bertz CT molecular complexity index is 358. The smallest absolute Gasteiger partial charge is 0.0314 e. The first-order valence-corrected chi connectivity index (χ1v) is 8.17. The minimum Gasteiger partial charge on any atom is -0.399 e. The fourth-order valence-corrected chi connectivity index (χ4v) is 2.52. The number of unbranched alkanes of at least 4 members (excludes halogenated alkanes) is 1. The van der Waals surface area contributed by atoms with Gasteiger partial charge >= 0.3 is 0 Å². The van der Waals surface area contributed by atoms with Gasteiger partial charge < -0.3 is 10.6 Å². The molecule has 2 nitrogen and oxygen atoms in total. The van der Waals surface area contributed by atoms with E-state index in [1.54, 1.807) is 0 Å². The standard InChI is InChI=1S/C18H32N2/c1-5-7-13-20(16(4)6-2)14-12-15(3)17-8-10-18(19)11-9-17/h8-11,15-16H,5-7,12-14,19H2,1-4H3. The molecule has 1 aromatic rings. The van der Waals surface area contributed by atoms with E-state index in [1.165, 1.54) is 44.3 Å². The molecular formula is C18H32N2. The minimum atomic E-state index is 0.601. The van der Waals surface area contributed by atoms with Crippen LogP contribution < -0.4 is 5.73 Å². The summed E-state index contributed by atoms with van der Waals surface area (Å²) in [5.41, 5.74) is 8.01. The Labute approximate surface area is 125 Å². The van der Waals surface area contributed by atoms with E-state index in [2.05, 4.69) is 44.7 Å². The quantitative estimate of drug-likeness (QED) is 0.664.